The fourth-order valence-electron chi connectivity index (χ4n) is 2.71. The maximum Gasteiger partial charge on any atom is 0.0719 e. The highest BCUT2D eigenvalue weighted by Gasteiger charge is 2.24. The van der Waals surface area contributed by atoms with Crippen molar-refractivity contribution in [2.75, 3.05) is 54.4 Å². The summed E-state index contributed by atoms with van der Waals surface area (Å²) in [4.78, 5) is 4.13. The van der Waals surface area contributed by atoms with Gasteiger partial charge in [-0.3, -0.25) is 0 Å². The monoisotopic (exact) mass is 432 g/mol. The van der Waals surface area contributed by atoms with E-state index in [2.05, 4.69) is 20.4 Å². The first-order valence-corrected chi connectivity index (χ1v) is 7.54. The average molecular weight is 434 g/mol. The van der Waals surface area contributed by atoms with Crippen LogP contribution in [0, 0.1) is 0 Å². The molecule has 0 aromatic heterocycles. The number of nitrogens with zero attached hydrogens (tertiary/aromatic N) is 2. The minimum Gasteiger partial charge on any atom is -0.391 e. The van der Waals surface area contributed by atoms with Gasteiger partial charge in [-0.1, -0.05) is 0 Å². The molecule has 2 rings (SSSR count). The molecule has 2 saturated heterocycles. The molecule has 0 aromatic rings. The van der Waals surface area contributed by atoms with E-state index in [9.17, 15) is 10.2 Å². The highest BCUT2D eigenvalue weighted by atomic mass is 35.5. The van der Waals surface area contributed by atoms with Crippen LogP contribution in [-0.2, 0) is 0 Å². The molecule has 0 aliphatic carbocycles. The molecular formula is C14H36Cl4N4O2. The Morgan fingerprint density at radius 3 is 1.12 bits per heavy atom. The number of likely N-dealkylation sites (N-methyl/N-ethyl adjacent to an activating group) is 2. The Labute approximate surface area is 171 Å². The summed E-state index contributed by atoms with van der Waals surface area (Å²) >= 11 is 0. The summed E-state index contributed by atoms with van der Waals surface area (Å²) in [6.07, 6.45) is 1.47. The lowest BCUT2D eigenvalue weighted by atomic mass is 10.0. The zero-order valence-corrected chi connectivity index (χ0v) is 18.2. The summed E-state index contributed by atoms with van der Waals surface area (Å²) in [5.74, 6) is 0. The molecule has 6 nitrogen and oxygen atoms in total. The predicted molar refractivity (Wildman–Crippen MR) is 111 cm³/mol. The van der Waals surface area contributed by atoms with E-state index in [1.807, 2.05) is 28.2 Å². The fraction of sp³-hybridized carbons (Fsp3) is 1.00. The highest BCUT2D eigenvalue weighted by Crippen LogP contribution is 2.07. The molecule has 4 N–H and O–H groups in total. The lowest BCUT2D eigenvalue weighted by molar-refractivity contribution is 0.0520. The van der Waals surface area contributed by atoms with Crippen molar-refractivity contribution in [1.82, 2.24) is 20.4 Å². The van der Waals surface area contributed by atoms with Crippen molar-refractivity contribution in [3.05, 3.63) is 0 Å². The molecule has 0 saturated carbocycles. The van der Waals surface area contributed by atoms with Crippen LogP contribution in [0.4, 0.5) is 0 Å². The fourth-order valence-corrected chi connectivity index (χ4v) is 2.71. The van der Waals surface area contributed by atoms with Gasteiger partial charge >= 0.3 is 0 Å². The minimum absolute atomic E-state index is 0. The molecule has 0 aromatic carbocycles. The Kier molecular flexibility index (Phi) is 23.5. The van der Waals surface area contributed by atoms with Crippen molar-refractivity contribution in [3.8, 4) is 0 Å². The van der Waals surface area contributed by atoms with Gasteiger partial charge in [0.15, 0.2) is 0 Å². The lowest BCUT2D eigenvalue weighted by Crippen LogP contribution is -2.51. The molecule has 2 heterocycles. The summed E-state index contributed by atoms with van der Waals surface area (Å²) in [6.45, 7) is 3.72. The number of hydrogen-bond acceptors (Lipinski definition) is 6. The van der Waals surface area contributed by atoms with E-state index in [-0.39, 0.29) is 61.8 Å². The second-order valence-corrected chi connectivity index (χ2v) is 6.18. The molecule has 2 fully saturated rings. The zero-order valence-electron chi connectivity index (χ0n) is 15.0. The topological polar surface area (TPSA) is 71.0 Å². The second kappa shape index (κ2) is 17.3. The summed E-state index contributed by atoms with van der Waals surface area (Å²) in [6, 6.07) is 0.600. The Balaban J connectivity index is -0.000000143. The number of halogens is 4. The van der Waals surface area contributed by atoms with Crippen molar-refractivity contribution in [1.29, 1.82) is 0 Å². The van der Waals surface area contributed by atoms with Gasteiger partial charge in [-0.2, -0.15) is 0 Å². The summed E-state index contributed by atoms with van der Waals surface area (Å²) in [5, 5.41) is 25.4. The van der Waals surface area contributed by atoms with Gasteiger partial charge in [0.1, 0.15) is 0 Å². The maximum absolute atomic E-state index is 9.46. The van der Waals surface area contributed by atoms with Gasteiger partial charge in [-0.05, 0) is 54.1 Å². The van der Waals surface area contributed by atoms with Crippen LogP contribution in [-0.4, -0.2) is 98.7 Å². The largest absolute Gasteiger partial charge is 0.391 e. The Morgan fingerprint density at radius 2 is 0.958 bits per heavy atom. The first-order valence-electron chi connectivity index (χ1n) is 7.54. The molecule has 24 heavy (non-hydrogen) atoms. The van der Waals surface area contributed by atoms with E-state index >= 15 is 0 Å². The molecule has 0 unspecified atom stereocenters. The number of aliphatic hydroxyl groups is 2. The number of aliphatic hydroxyl groups excluding tert-OH is 2. The minimum atomic E-state index is -0.142. The van der Waals surface area contributed by atoms with E-state index in [1.165, 1.54) is 0 Å². The van der Waals surface area contributed by atoms with E-state index < -0.39 is 0 Å². The van der Waals surface area contributed by atoms with Crippen molar-refractivity contribution in [2.24, 2.45) is 0 Å². The number of rotatable bonds is 2. The predicted octanol–water partition coefficient (Wildman–Crippen LogP) is 0.229. The lowest BCUT2D eigenvalue weighted by Gasteiger charge is -2.33. The molecule has 2 aliphatic heterocycles. The van der Waals surface area contributed by atoms with Crippen molar-refractivity contribution >= 4 is 49.6 Å². The van der Waals surface area contributed by atoms with Gasteiger partial charge in [0.25, 0.3) is 0 Å². The van der Waals surface area contributed by atoms with E-state index in [1.54, 1.807) is 0 Å². The molecule has 0 radical (unpaired) electrons. The van der Waals surface area contributed by atoms with Gasteiger partial charge in [-0.25, -0.2) is 0 Å². The zero-order chi connectivity index (χ0) is 15.1. The number of hydrogen-bond donors (Lipinski definition) is 4. The van der Waals surface area contributed by atoms with Crippen LogP contribution in [0.3, 0.4) is 0 Å². The average Bonchev–Trinajstić information content (AvgIpc) is 2.40. The molecule has 2 aliphatic rings. The third-order valence-electron chi connectivity index (χ3n) is 4.16. The Hall–Kier alpha value is 0.920. The highest BCUT2D eigenvalue weighted by molar-refractivity contribution is 5.86. The van der Waals surface area contributed by atoms with Crippen LogP contribution in [0.15, 0.2) is 0 Å². The van der Waals surface area contributed by atoms with Gasteiger partial charge < -0.3 is 30.6 Å². The SMILES string of the molecule is CN(C)[C@@H]1CNCC[C@@H]1O.CN(C)[C@H]1CNCC[C@H]1O.Cl.Cl.Cl.Cl. The molecule has 4 atom stereocenters. The summed E-state index contributed by atoms with van der Waals surface area (Å²) < 4.78 is 0. The molecular weight excluding hydrogens is 398 g/mol. The number of nitrogens with one attached hydrogen (secondary N) is 2. The third-order valence-corrected chi connectivity index (χ3v) is 4.16. The van der Waals surface area contributed by atoms with E-state index in [0.29, 0.717) is 12.1 Å². The van der Waals surface area contributed by atoms with Crippen LogP contribution in [0.25, 0.3) is 0 Å². The molecule has 152 valence electrons. The van der Waals surface area contributed by atoms with Gasteiger partial charge in [0.05, 0.1) is 12.2 Å². The van der Waals surface area contributed by atoms with E-state index in [0.717, 1.165) is 39.0 Å². The number of piperidine rings is 2. The first-order chi connectivity index (χ1) is 9.43. The van der Waals surface area contributed by atoms with Crippen LogP contribution >= 0.6 is 49.6 Å². The van der Waals surface area contributed by atoms with Gasteiger partial charge in [-0.15, -0.1) is 49.6 Å². The normalized spacial score (nSPS) is 29.0. The third kappa shape index (κ3) is 11.5. The molecule has 0 amide bonds. The Bertz CT molecular complexity index is 253. The first kappa shape index (κ1) is 32.6. The van der Waals surface area contributed by atoms with Crippen LogP contribution in [0.5, 0.6) is 0 Å². The second-order valence-electron chi connectivity index (χ2n) is 6.18. The van der Waals surface area contributed by atoms with E-state index in [4.69, 9.17) is 0 Å². The van der Waals surface area contributed by atoms with Gasteiger partial charge in [0, 0.05) is 25.2 Å². The standard InChI is InChI=1S/2C7H16N2O.4ClH/c2*1-9(2)6-5-8-4-3-7(6)10;;;;/h2*6-8,10H,3-5H2,1-2H3;4*1H/t2*6-,7+;;;;/m10..../s1. The maximum atomic E-state index is 9.46. The molecule has 0 bridgehead atoms. The smallest absolute Gasteiger partial charge is 0.0719 e. The molecule has 10 heteroatoms. The van der Waals surface area contributed by atoms with Crippen LogP contribution in [0.1, 0.15) is 12.8 Å². The van der Waals surface area contributed by atoms with Crippen molar-refractivity contribution in [2.45, 2.75) is 37.1 Å². The van der Waals surface area contributed by atoms with Crippen LogP contribution < -0.4 is 10.6 Å². The summed E-state index contributed by atoms with van der Waals surface area (Å²) in [5.41, 5.74) is 0. The van der Waals surface area contributed by atoms with Crippen molar-refractivity contribution < 1.29 is 10.2 Å². The van der Waals surface area contributed by atoms with Crippen LogP contribution in [0.2, 0.25) is 0 Å². The summed E-state index contributed by atoms with van der Waals surface area (Å²) in [7, 11) is 8.00. The molecule has 0 spiro atoms. The van der Waals surface area contributed by atoms with Crippen molar-refractivity contribution in [3.63, 3.8) is 0 Å². The quantitative estimate of drug-likeness (QED) is 0.499. The Morgan fingerprint density at radius 1 is 0.667 bits per heavy atom. The van der Waals surface area contributed by atoms with Gasteiger partial charge in [0.2, 0.25) is 0 Å².